The average Bonchev–Trinajstić information content (AvgIpc) is 2.72. The normalized spacial score (nSPS) is 33.9. The lowest BCUT2D eigenvalue weighted by Crippen LogP contribution is -2.51. The molecule has 3 heteroatoms. The lowest BCUT2D eigenvalue weighted by atomic mass is 9.69. The maximum absolute atomic E-state index is 6.63. The van der Waals surface area contributed by atoms with Gasteiger partial charge in [0.15, 0.2) is 0 Å². The molecule has 17 heavy (non-hydrogen) atoms. The van der Waals surface area contributed by atoms with Crippen molar-refractivity contribution in [1.82, 2.24) is 9.55 Å². The summed E-state index contributed by atoms with van der Waals surface area (Å²) in [5, 5.41) is 0. The van der Waals surface area contributed by atoms with Gasteiger partial charge in [0.1, 0.15) is 5.82 Å². The maximum atomic E-state index is 6.63. The van der Waals surface area contributed by atoms with E-state index in [1.165, 1.54) is 12.8 Å². The van der Waals surface area contributed by atoms with Crippen molar-refractivity contribution < 1.29 is 0 Å². The molecule has 0 radical (unpaired) electrons. The number of rotatable bonds is 3. The number of hydrogen-bond acceptors (Lipinski definition) is 2. The fourth-order valence-corrected chi connectivity index (χ4v) is 3.07. The van der Waals surface area contributed by atoms with Gasteiger partial charge in [-0.25, -0.2) is 4.98 Å². The number of nitrogens with two attached hydrogens (primary N) is 1. The number of hydrogen-bond donors (Lipinski definition) is 1. The van der Waals surface area contributed by atoms with E-state index in [1.807, 2.05) is 6.20 Å². The smallest absolute Gasteiger partial charge is 0.110 e. The van der Waals surface area contributed by atoms with Crippen molar-refractivity contribution in [3.63, 3.8) is 0 Å². The second kappa shape index (κ2) is 4.81. The lowest BCUT2D eigenvalue weighted by molar-refractivity contribution is 0.160. The highest BCUT2D eigenvalue weighted by Crippen LogP contribution is 2.36. The van der Waals surface area contributed by atoms with E-state index < -0.39 is 0 Å². The van der Waals surface area contributed by atoms with Crippen LogP contribution >= 0.6 is 0 Å². The quantitative estimate of drug-likeness (QED) is 0.875. The SMILES string of the molecule is CCn1ccnc1CC1(N)CCC(C)CC1C. The topological polar surface area (TPSA) is 43.8 Å². The Morgan fingerprint density at radius 3 is 2.94 bits per heavy atom. The van der Waals surface area contributed by atoms with Crippen LogP contribution in [0.4, 0.5) is 0 Å². The van der Waals surface area contributed by atoms with Crippen molar-refractivity contribution in [2.45, 2.75) is 58.5 Å². The van der Waals surface area contributed by atoms with Gasteiger partial charge in [-0.2, -0.15) is 0 Å². The molecule has 0 spiro atoms. The van der Waals surface area contributed by atoms with Crippen LogP contribution < -0.4 is 5.73 Å². The van der Waals surface area contributed by atoms with E-state index in [2.05, 4.69) is 36.5 Å². The average molecular weight is 235 g/mol. The van der Waals surface area contributed by atoms with Gasteiger partial charge in [-0.1, -0.05) is 13.8 Å². The summed E-state index contributed by atoms with van der Waals surface area (Å²) in [4.78, 5) is 4.46. The number of imidazole rings is 1. The van der Waals surface area contributed by atoms with Gasteiger partial charge in [0.05, 0.1) is 0 Å². The van der Waals surface area contributed by atoms with E-state index in [0.29, 0.717) is 5.92 Å². The van der Waals surface area contributed by atoms with Crippen molar-refractivity contribution >= 4 is 0 Å². The third kappa shape index (κ3) is 2.54. The molecule has 1 saturated carbocycles. The third-order valence-corrected chi connectivity index (χ3v) is 4.47. The van der Waals surface area contributed by atoms with Gasteiger partial charge in [-0.15, -0.1) is 0 Å². The van der Waals surface area contributed by atoms with Gasteiger partial charge in [0.25, 0.3) is 0 Å². The highest BCUT2D eigenvalue weighted by molar-refractivity contribution is 5.04. The fraction of sp³-hybridized carbons (Fsp3) is 0.786. The highest BCUT2D eigenvalue weighted by Gasteiger charge is 2.37. The molecule has 1 heterocycles. The van der Waals surface area contributed by atoms with Crippen molar-refractivity contribution in [1.29, 1.82) is 0 Å². The molecule has 0 aliphatic heterocycles. The molecule has 1 aromatic rings. The molecule has 1 aromatic heterocycles. The van der Waals surface area contributed by atoms with Gasteiger partial charge in [-0.3, -0.25) is 0 Å². The Kier molecular flexibility index (Phi) is 3.57. The van der Waals surface area contributed by atoms with Crippen LogP contribution in [0.2, 0.25) is 0 Å². The highest BCUT2D eigenvalue weighted by atomic mass is 15.1. The molecule has 0 aromatic carbocycles. The van der Waals surface area contributed by atoms with Gasteiger partial charge >= 0.3 is 0 Å². The molecule has 0 bridgehead atoms. The molecule has 3 unspecified atom stereocenters. The van der Waals surface area contributed by atoms with E-state index in [9.17, 15) is 0 Å². The first-order valence-electron chi connectivity index (χ1n) is 6.84. The van der Waals surface area contributed by atoms with Gasteiger partial charge in [0, 0.05) is 30.9 Å². The van der Waals surface area contributed by atoms with Crippen LogP contribution in [0.15, 0.2) is 12.4 Å². The molecule has 3 nitrogen and oxygen atoms in total. The van der Waals surface area contributed by atoms with Crippen LogP contribution in [0.25, 0.3) is 0 Å². The molecule has 2 N–H and O–H groups in total. The minimum absolute atomic E-state index is 0.0508. The van der Waals surface area contributed by atoms with E-state index in [4.69, 9.17) is 5.73 Å². The molecule has 1 aliphatic carbocycles. The monoisotopic (exact) mass is 235 g/mol. The van der Waals surface area contributed by atoms with Crippen LogP contribution in [0, 0.1) is 11.8 Å². The number of aryl methyl sites for hydroxylation is 1. The first-order chi connectivity index (χ1) is 8.05. The predicted octanol–water partition coefficient (Wildman–Crippen LogP) is 2.60. The van der Waals surface area contributed by atoms with Crippen molar-refractivity contribution in [2.75, 3.05) is 0 Å². The molecule has 0 amide bonds. The summed E-state index contributed by atoms with van der Waals surface area (Å²) in [7, 11) is 0. The zero-order valence-corrected chi connectivity index (χ0v) is 11.3. The Labute approximate surface area is 104 Å². The zero-order chi connectivity index (χ0) is 12.5. The summed E-state index contributed by atoms with van der Waals surface area (Å²) in [5.41, 5.74) is 6.58. The minimum Gasteiger partial charge on any atom is -0.335 e. The molecule has 96 valence electrons. The molecule has 1 aliphatic rings. The summed E-state index contributed by atoms with van der Waals surface area (Å²) in [6.07, 6.45) is 8.50. The van der Waals surface area contributed by atoms with Crippen molar-refractivity contribution in [3.8, 4) is 0 Å². The molecule has 1 fully saturated rings. The minimum atomic E-state index is -0.0508. The molecule has 0 saturated heterocycles. The summed E-state index contributed by atoms with van der Waals surface area (Å²) >= 11 is 0. The first kappa shape index (κ1) is 12.6. The van der Waals surface area contributed by atoms with Gasteiger partial charge in [0.2, 0.25) is 0 Å². The summed E-state index contributed by atoms with van der Waals surface area (Å²) in [6.45, 7) is 7.77. The van der Waals surface area contributed by atoms with E-state index in [0.717, 1.165) is 31.1 Å². The lowest BCUT2D eigenvalue weighted by Gasteiger charge is -2.42. The Morgan fingerprint density at radius 2 is 2.29 bits per heavy atom. The van der Waals surface area contributed by atoms with Gasteiger partial charge in [-0.05, 0) is 38.0 Å². The van der Waals surface area contributed by atoms with Crippen LogP contribution in [-0.2, 0) is 13.0 Å². The second-order valence-corrected chi connectivity index (χ2v) is 5.82. The summed E-state index contributed by atoms with van der Waals surface area (Å²) < 4.78 is 2.21. The second-order valence-electron chi connectivity index (χ2n) is 5.82. The molecular formula is C14H25N3. The zero-order valence-electron chi connectivity index (χ0n) is 11.3. The first-order valence-corrected chi connectivity index (χ1v) is 6.84. The predicted molar refractivity (Wildman–Crippen MR) is 70.7 cm³/mol. The fourth-order valence-electron chi connectivity index (χ4n) is 3.07. The maximum Gasteiger partial charge on any atom is 0.110 e. The van der Waals surface area contributed by atoms with Gasteiger partial charge < -0.3 is 10.3 Å². The third-order valence-electron chi connectivity index (χ3n) is 4.47. The van der Waals surface area contributed by atoms with Crippen LogP contribution in [0.5, 0.6) is 0 Å². The Hall–Kier alpha value is -0.830. The Morgan fingerprint density at radius 1 is 1.53 bits per heavy atom. The van der Waals surface area contributed by atoms with E-state index in [-0.39, 0.29) is 5.54 Å². The number of aromatic nitrogens is 2. The summed E-state index contributed by atoms with van der Waals surface area (Å²) in [6, 6.07) is 0. The molecule has 2 rings (SSSR count). The van der Waals surface area contributed by atoms with E-state index in [1.54, 1.807) is 0 Å². The molecule has 3 atom stereocenters. The Balaban J connectivity index is 2.11. The summed E-state index contributed by atoms with van der Waals surface area (Å²) in [5.74, 6) is 2.57. The standard InChI is InChI=1S/C14H25N3/c1-4-17-8-7-16-13(17)10-14(15)6-5-11(2)9-12(14)3/h7-8,11-12H,4-6,9-10,15H2,1-3H3. The van der Waals surface area contributed by atoms with E-state index >= 15 is 0 Å². The van der Waals surface area contributed by atoms with Crippen LogP contribution in [-0.4, -0.2) is 15.1 Å². The largest absolute Gasteiger partial charge is 0.335 e. The molecular weight excluding hydrogens is 210 g/mol. The Bertz CT molecular complexity index is 371. The van der Waals surface area contributed by atoms with Crippen molar-refractivity contribution in [2.24, 2.45) is 17.6 Å². The van der Waals surface area contributed by atoms with Crippen LogP contribution in [0.3, 0.4) is 0 Å². The van der Waals surface area contributed by atoms with Crippen LogP contribution in [0.1, 0.15) is 45.9 Å². The number of nitrogens with zero attached hydrogens (tertiary/aromatic N) is 2. The van der Waals surface area contributed by atoms with Crippen molar-refractivity contribution in [3.05, 3.63) is 18.2 Å².